The van der Waals surface area contributed by atoms with Gasteiger partial charge in [-0.25, -0.2) is 0 Å². The number of hydrogen-bond acceptors (Lipinski definition) is 4. The molecule has 0 amide bonds. The lowest BCUT2D eigenvalue weighted by molar-refractivity contribution is -0.349. The van der Waals surface area contributed by atoms with Crippen LogP contribution in [0.3, 0.4) is 0 Å². The SMILES string of the molecule is CC1CC=CC12OOC1(CCC(=N)CC1)O2. The van der Waals surface area contributed by atoms with Gasteiger partial charge < -0.3 is 10.1 Å². The molecule has 2 unspecified atom stereocenters. The molecule has 2 atom stereocenters. The first-order valence-electron chi connectivity index (χ1n) is 5.95. The number of allylic oxidation sites excluding steroid dienone is 1. The van der Waals surface area contributed by atoms with E-state index in [-0.39, 0.29) is 0 Å². The first-order valence-corrected chi connectivity index (χ1v) is 5.95. The van der Waals surface area contributed by atoms with E-state index in [1.807, 2.05) is 6.08 Å². The summed E-state index contributed by atoms with van der Waals surface area (Å²) in [7, 11) is 0. The standard InChI is InChI=1S/C12H17NO3/c1-9-3-2-6-12(9)14-11(15-16-12)7-4-10(13)5-8-11/h2,6,9,13H,3-5,7-8H2,1H3. The van der Waals surface area contributed by atoms with Crippen molar-refractivity contribution in [3.05, 3.63) is 12.2 Å². The number of hydrogen-bond donors (Lipinski definition) is 1. The molecule has 0 aromatic heterocycles. The molecule has 0 aromatic carbocycles. The highest BCUT2D eigenvalue weighted by molar-refractivity contribution is 5.82. The zero-order valence-electron chi connectivity index (χ0n) is 9.49. The predicted octanol–water partition coefficient (Wildman–Crippen LogP) is 2.55. The highest BCUT2D eigenvalue weighted by atomic mass is 17.3. The van der Waals surface area contributed by atoms with Crippen molar-refractivity contribution in [1.29, 1.82) is 5.41 Å². The van der Waals surface area contributed by atoms with E-state index in [9.17, 15) is 0 Å². The van der Waals surface area contributed by atoms with E-state index in [1.54, 1.807) is 0 Å². The average molecular weight is 223 g/mol. The quantitative estimate of drug-likeness (QED) is 0.507. The van der Waals surface area contributed by atoms with Crippen LogP contribution in [-0.2, 0) is 14.5 Å². The molecule has 0 aromatic rings. The molecule has 1 N–H and O–H groups in total. The van der Waals surface area contributed by atoms with Gasteiger partial charge in [-0.2, -0.15) is 9.78 Å². The molecule has 1 aliphatic heterocycles. The van der Waals surface area contributed by atoms with Crippen LogP contribution in [-0.4, -0.2) is 17.3 Å². The van der Waals surface area contributed by atoms with Gasteiger partial charge in [0.15, 0.2) is 0 Å². The van der Waals surface area contributed by atoms with Crippen LogP contribution in [0, 0.1) is 11.3 Å². The van der Waals surface area contributed by atoms with E-state index in [4.69, 9.17) is 19.9 Å². The van der Waals surface area contributed by atoms with Gasteiger partial charge in [0.25, 0.3) is 0 Å². The van der Waals surface area contributed by atoms with Gasteiger partial charge >= 0.3 is 0 Å². The maximum atomic E-state index is 7.61. The van der Waals surface area contributed by atoms with Gasteiger partial charge in [-0.3, -0.25) is 0 Å². The van der Waals surface area contributed by atoms with E-state index in [1.165, 1.54) is 0 Å². The van der Waals surface area contributed by atoms with Crippen molar-refractivity contribution in [3.63, 3.8) is 0 Å². The maximum absolute atomic E-state index is 7.61. The van der Waals surface area contributed by atoms with Crippen molar-refractivity contribution >= 4 is 5.71 Å². The minimum absolute atomic E-state index is 0.299. The first kappa shape index (κ1) is 10.4. The van der Waals surface area contributed by atoms with E-state index in [2.05, 4.69) is 13.0 Å². The zero-order chi connectivity index (χ0) is 11.2. The van der Waals surface area contributed by atoms with Crippen LogP contribution in [0.1, 0.15) is 39.0 Å². The fraction of sp³-hybridized carbons (Fsp3) is 0.750. The summed E-state index contributed by atoms with van der Waals surface area (Å²) >= 11 is 0. The lowest BCUT2D eigenvalue weighted by atomic mass is 9.92. The molecule has 1 saturated carbocycles. The minimum atomic E-state index is -0.667. The topological polar surface area (TPSA) is 51.5 Å². The normalized spacial score (nSPS) is 47.3. The fourth-order valence-corrected chi connectivity index (χ4v) is 2.59. The Bertz CT molecular complexity index is 342. The second-order valence-corrected chi connectivity index (χ2v) is 5.04. The van der Waals surface area contributed by atoms with Crippen molar-refractivity contribution < 1.29 is 14.5 Å². The second kappa shape index (κ2) is 3.39. The van der Waals surface area contributed by atoms with Crippen LogP contribution in [0.4, 0.5) is 0 Å². The van der Waals surface area contributed by atoms with E-state index >= 15 is 0 Å². The first-order chi connectivity index (χ1) is 7.64. The van der Waals surface area contributed by atoms with Gasteiger partial charge in [0.1, 0.15) is 0 Å². The molecule has 0 bridgehead atoms. The third kappa shape index (κ3) is 1.44. The molecule has 88 valence electrons. The monoisotopic (exact) mass is 223 g/mol. The number of ether oxygens (including phenoxy) is 1. The molecule has 2 aliphatic carbocycles. The molecule has 2 fully saturated rings. The lowest BCUT2D eigenvalue weighted by Crippen LogP contribution is -2.40. The van der Waals surface area contributed by atoms with Crippen molar-refractivity contribution in [1.82, 2.24) is 0 Å². The third-order valence-corrected chi connectivity index (χ3v) is 3.81. The maximum Gasteiger partial charge on any atom is 0.226 e. The molecule has 1 saturated heterocycles. The van der Waals surface area contributed by atoms with Gasteiger partial charge in [-0.15, -0.1) is 0 Å². The van der Waals surface area contributed by atoms with Gasteiger partial charge in [0, 0.05) is 24.5 Å². The van der Waals surface area contributed by atoms with Crippen LogP contribution in [0.5, 0.6) is 0 Å². The highest BCUT2D eigenvalue weighted by Gasteiger charge is 2.56. The Hall–Kier alpha value is -0.710. The van der Waals surface area contributed by atoms with Crippen molar-refractivity contribution in [2.75, 3.05) is 0 Å². The summed E-state index contributed by atoms with van der Waals surface area (Å²) in [6, 6.07) is 0. The Morgan fingerprint density at radius 3 is 2.69 bits per heavy atom. The lowest BCUT2D eigenvalue weighted by Gasteiger charge is -2.31. The molecule has 4 heteroatoms. The van der Waals surface area contributed by atoms with Gasteiger partial charge in [-0.1, -0.05) is 13.0 Å². The van der Waals surface area contributed by atoms with E-state index in [0.29, 0.717) is 5.92 Å². The molecule has 0 radical (unpaired) electrons. The zero-order valence-corrected chi connectivity index (χ0v) is 9.49. The smallest absolute Gasteiger partial charge is 0.226 e. The van der Waals surface area contributed by atoms with Gasteiger partial charge in [0.05, 0.1) is 0 Å². The molecule has 3 aliphatic rings. The fourth-order valence-electron chi connectivity index (χ4n) is 2.59. The van der Waals surface area contributed by atoms with E-state index in [0.717, 1.165) is 37.8 Å². The summed E-state index contributed by atoms with van der Waals surface area (Å²) in [5, 5.41) is 7.61. The summed E-state index contributed by atoms with van der Waals surface area (Å²) in [5.74, 6) is -0.972. The van der Waals surface area contributed by atoms with Crippen molar-refractivity contribution in [3.8, 4) is 0 Å². The van der Waals surface area contributed by atoms with Crippen LogP contribution < -0.4 is 0 Å². The molecule has 1 heterocycles. The van der Waals surface area contributed by atoms with Crippen molar-refractivity contribution in [2.45, 2.75) is 50.6 Å². The molecular formula is C12H17NO3. The van der Waals surface area contributed by atoms with Crippen LogP contribution in [0.2, 0.25) is 0 Å². The summed E-state index contributed by atoms with van der Waals surface area (Å²) in [6.45, 7) is 2.10. The highest BCUT2D eigenvalue weighted by Crippen LogP contribution is 2.48. The summed E-state index contributed by atoms with van der Waals surface area (Å²) in [5.41, 5.74) is 0.786. The Labute approximate surface area is 95.0 Å². The van der Waals surface area contributed by atoms with Crippen LogP contribution in [0.15, 0.2) is 12.2 Å². The average Bonchev–Trinajstić information content (AvgIpc) is 2.80. The summed E-state index contributed by atoms with van der Waals surface area (Å²) < 4.78 is 6.07. The molecular weight excluding hydrogens is 206 g/mol. The third-order valence-electron chi connectivity index (χ3n) is 3.81. The molecule has 4 nitrogen and oxygen atoms in total. The summed E-state index contributed by atoms with van der Waals surface area (Å²) in [4.78, 5) is 10.9. The Balaban J connectivity index is 1.77. The minimum Gasteiger partial charge on any atom is -0.310 e. The Morgan fingerprint density at radius 1 is 1.31 bits per heavy atom. The Kier molecular flexibility index (Phi) is 2.21. The summed E-state index contributed by atoms with van der Waals surface area (Å²) in [6.07, 6.45) is 7.97. The van der Waals surface area contributed by atoms with E-state index < -0.39 is 11.6 Å². The Morgan fingerprint density at radius 2 is 2.06 bits per heavy atom. The van der Waals surface area contributed by atoms with Gasteiger partial charge in [-0.05, 0) is 25.3 Å². The molecule has 3 rings (SSSR count). The van der Waals surface area contributed by atoms with Crippen molar-refractivity contribution in [2.24, 2.45) is 5.92 Å². The molecule has 16 heavy (non-hydrogen) atoms. The number of rotatable bonds is 0. The molecule has 2 spiro atoms. The predicted molar refractivity (Wildman–Crippen MR) is 57.8 cm³/mol. The van der Waals surface area contributed by atoms with Crippen LogP contribution >= 0.6 is 0 Å². The largest absolute Gasteiger partial charge is 0.310 e. The second-order valence-electron chi connectivity index (χ2n) is 5.04. The van der Waals surface area contributed by atoms with Gasteiger partial charge in [0.2, 0.25) is 11.6 Å². The number of nitrogens with one attached hydrogen (secondary N) is 1. The van der Waals surface area contributed by atoms with Crippen LogP contribution in [0.25, 0.3) is 0 Å².